The lowest BCUT2D eigenvalue weighted by Gasteiger charge is -2.27. The molecule has 1 aromatic rings. The number of carbonyl (C=O) groups excluding carboxylic acids is 1. The van der Waals surface area contributed by atoms with Crippen LogP contribution >= 0.6 is 11.6 Å². The molecule has 3 nitrogen and oxygen atoms in total. The van der Waals surface area contributed by atoms with E-state index in [1.807, 2.05) is 18.2 Å². The van der Waals surface area contributed by atoms with Crippen molar-refractivity contribution in [2.24, 2.45) is 0 Å². The highest BCUT2D eigenvalue weighted by atomic mass is 35.5. The zero-order valence-corrected chi connectivity index (χ0v) is 12.1. The molecule has 0 amide bonds. The van der Waals surface area contributed by atoms with Crippen LogP contribution in [0.2, 0.25) is 5.02 Å². The first kappa shape index (κ1) is 15.0. The lowest BCUT2D eigenvalue weighted by Crippen LogP contribution is -2.35. The molecule has 0 aliphatic heterocycles. The third-order valence-electron chi connectivity index (χ3n) is 2.83. The van der Waals surface area contributed by atoms with Crippen molar-refractivity contribution in [3.8, 4) is 5.75 Å². The molecule has 0 saturated heterocycles. The van der Waals surface area contributed by atoms with Gasteiger partial charge in [0.1, 0.15) is 11.5 Å². The van der Waals surface area contributed by atoms with E-state index in [0.29, 0.717) is 18.1 Å². The van der Waals surface area contributed by atoms with Crippen LogP contribution in [0.4, 0.5) is 0 Å². The molecule has 0 saturated carbocycles. The minimum absolute atomic E-state index is 0.129. The number of Topliss-reactive ketones (excluding diaryl/α,β-unsaturated/α-hetero) is 1. The summed E-state index contributed by atoms with van der Waals surface area (Å²) in [6, 6.07) is 5.59. The summed E-state index contributed by atoms with van der Waals surface area (Å²) in [4.78, 5) is 10.9. The number of halogens is 1. The molecule has 0 spiro atoms. The fraction of sp³-hybridized carbons (Fsp3) is 0.500. The van der Waals surface area contributed by atoms with Gasteiger partial charge in [0.05, 0.1) is 13.7 Å². The van der Waals surface area contributed by atoms with Gasteiger partial charge in [-0.15, -0.1) is 0 Å². The van der Waals surface area contributed by atoms with Crippen LogP contribution in [0.5, 0.6) is 5.75 Å². The Hall–Kier alpha value is -1.06. The van der Waals surface area contributed by atoms with Crippen LogP contribution in [0.3, 0.4) is 0 Å². The van der Waals surface area contributed by atoms with Gasteiger partial charge < -0.3 is 10.1 Å². The summed E-state index contributed by atoms with van der Waals surface area (Å²) in [7, 11) is 1.64. The fourth-order valence-corrected chi connectivity index (χ4v) is 2.03. The number of carbonyl (C=O) groups is 1. The van der Waals surface area contributed by atoms with Crippen molar-refractivity contribution >= 4 is 17.4 Å². The first-order valence-electron chi connectivity index (χ1n) is 5.91. The fourth-order valence-electron chi connectivity index (χ4n) is 1.86. The average molecular weight is 270 g/mol. The summed E-state index contributed by atoms with van der Waals surface area (Å²) < 4.78 is 5.36. The highest BCUT2D eigenvalue weighted by Crippen LogP contribution is 2.33. The molecular formula is C14H20ClNO2. The molecule has 0 aliphatic carbocycles. The zero-order valence-electron chi connectivity index (χ0n) is 11.3. The van der Waals surface area contributed by atoms with Crippen molar-refractivity contribution in [1.82, 2.24) is 5.32 Å². The number of methoxy groups -OCH3 is 1. The number of ketones is 1. The molecule has 0 aromatic heterocycles. The SMILES string of the molecule is COc1ccc(Cl)cc1C(C)(C)CNCC(C)=O. The monoisotopic (exact) mass is 269 g/mol. The molecule has 0 aliphatic rings. The van der Waals surface area contributed by atoms with Gasteiger partial charge in [0.2, 0.25) is 0 Å². The number of benzene rings is 1. The lowest BCUT2D eigenvalue weighted by molar-refractivity contribution is -0.116. The van der Waals surface area contributed by atoms with Gasteiger partial charge in [-0.3, -0.25) is 4.79 Å². The van der Waals surface area contributed by atoms with Gasteiger partial charge in [-0.25, -0.2) is 0 Å². The second kappa shape index (κ2) is 6.21. The third-order valence-corrected chi connectivity index (χ3v) is 3.07. The molecule has 0 fully saturated rings. The van der Waals surface area contributed by atoms with Crippen molar-refractivity contribution in [1.29, 1.82) is 0 Å². The summed E-state index contributed by atoms with van der Waals surface area (Å²) in [6.45, 7) is 6.82. The number of rotatable bonds is 6. The molecule has 1 aromatic carbocycles. The molecule has 4 heteroatoms. The highest BCUT2D eigenvalue weighted by Gasteiger charge is 2.24. The predicted octanol–water partition coefficient (Wildman–Crippen LogP) is 2.80. The minimum Gasteiger partial charge on any atom is -0.496 e. The van der Waals surface area contributed by atoms with E-state index in [0.717, 1.165) is 11.3 Å². The van der Waals surface area contributed by atoms with E-state index >= 15 is 0 Å². The molecular weight excluding hydrogens is 250 g/mol. The Morgan fingerprint density at radius 2 is 2.11 bits per heavy atom. The van der Waals surface area contributed by atoms with Crippen LogP contribution in [0.15, 0.2) is 18.2 Å². The van der Waals surface area contributed by atoms with Crippen LogP contribution in [0.1, 0.15) is 26.3 Å². The van der Waals surface area contributed by atoms with E-state index in [1.54, 1.807) is 14.0 Å². The smallest absolute Gasteiger partial charge is 0.143 e. The van der Waals surface area contributed by atoms with Crippen molar-refractivity contribution in [2.75, 3.05) is 20.2 Å². The van der Waals surface area contributed by atoms with Gasteiger partial charge in [0, 0.05) is 22.5 Å². The van der Waals surface area contributed by atoms with Gasteiger partial charge in [-0.2, -0.15) is 0 Å². The van der Waals surface area contributed by atoms with E-state index in [-0.39, 0.29) is 11.2 Å². The Bertz CT molecular complexity index is 430. The molecule has 100 valence electrons. The molecule has 0 radical (unpaired) electrons. The van der Waals surface area contributed by atoms with Gasteiger partial charge >= 0.3 is 0 Å². The van der Waals surface area contributed by atoms with Gasteiger partial charge in [-0.05, 0) is 25.1 Å². The first-order chi connectivity index (χ1) is 8.36. The average Bonchev–Trinajstić information content (AvgIpc) is 2.28. The van der Waals surface area contributed by atoms with Crippen molar-refractivity contribution < 1.29 is 9.53 Å². The lowest BCUT2D eigenvalue weighted by atomic mass is 9.84. The molecule has 0 unspecified atom stereocenters. The summed E-state index contributed by atoms with van der Waals surface area (Å²) in [6.07, 6.45) is 0. The summed E-state index contributed by atoms with van der Waals surface area (Å²) >= 11 is 6.03. The quantitative estimate of drug-likeness (QED) is 0.863. The normalized spacial score (nSPS) is 11.4. The Labute approximate surface area is 113 Å². The van der Waals surface area contributed by atoms with Crippen molar-refractivity contribution in [2.45, 2.75) is 26.2 Å². The van der Waals surface area contributed by atoms with E-state index in [2.05, 4.69) is 19.2 Å². The molecule has 0 atom stereocenters. The van der Waals surface area contributed by atoms with Gasteiger partial charge in [-0.1, -0.05) is 25.4 Å². The van der Waals surface area contributed by atoms with Crippen LogP contribution in [0, 0.1) is 0 Å². The van der Waals surface area contributed by atoms with Crippen LogP contribution in [-0.2, 0) is 10.2 Å². The number of hydrogen-bond acceptors (Lipinski definition) is 3. The van der Waals surface area contributed by atoms with Crippen LogP contribution in [-0.4, -0.2) is 26.0 Å². The minimum atomic E-state index is -0.161. The Morgan fingerprint density at radius 3 is 2.67 bits per heavy atom. The van der Waals surface area contributed by atoms with Gasteiger partial charge in [0.15, 0.2) is 0 Å². The maximum absolute atomic E-state index is 10.9. The van der Waals surface area contributed by atoms with Crippen molar-refractivity contribution in [3.63, 3.8) is 0 Å². The van der Waals surface area contributed by atoms with E-state index < -0.39 is 0 Å². The van der Waals surface area contributed by atoms with Gasteiger partial charge in [0.25, 0.3) is 0 Å². The number of ether oxygens (including phenoxy) is 1. The second-order valence-electron chi connectivity index (χ2n) is 5.03. The second-order valence-corrected chi connectivity index (χ2v) is 5.47. The summed E-state index contributed by atoms with van der Waals surface area (Å²) in [5.41, 5.74) is 0.875. The summed E-state index contributed by atoms with van der Waals surface area (Å²) in [5.74, 6) is 0.942. The predicted molar refractivity (Wildman–Crippen MR) is 74.6 cm³/mol. The Morgan fingerprint density at radius 1 is 1.44 bits per heavy atom. The highest BCUT2D eigenvalue weighted by molar-refractivity contribution is 6.30. The standard InChI is InChI=1S/C14H20ClNO2/c1-10(17)8-16-9-14(2,3)12-7-11(15)5-6-13(12)18-4/h5-7,16H,8-9H2,1-4H3. The topological polar surface area (TPSA) is 38.3 Å². The maximum Gasteiger partial charge on any atom is 0.143 e. The molecule has 1 rings (SSSR count). The van der Waals surface area contributed by atoms with E-state index in [9.17, 15) is 4.79 Å². The molecule has 0 bridgehead atoms. The van der Waals surface area contributed by atoms with Crippen LogP contribution < -0.4 is 10.1 Å². The molecule has 0 heterocycles. The maximum atomic E-state index is 10.9. The number of hydrogen-bond donors (Lipinski definition) is 1. The molecule has 1 N–H and O–H groups in total. The Balaban J connectivity index is 2.88. The van der Waals surface area contributed by atoms with E-state index in [1.165, 1.54) is 0 Å². The summed E-state index contributed by atoms with van der Waals surface area (Å²) in [5, 5.41) is 3.83. The van der Waals surface area contributed by atoms with Crippen molar-refractivity contribution in [3.05, 3.63) is 28.8 Å². The third kappa shape index (κ3) is 4.00. The van der Waals surface area contributed by atoms with Crippen LogP contribution in [0.25, 0.3) is 0 Å². The zero-order chi connectivity index (χ0) is 13.8. The first-order valence-corrected chi connectivity index (χ1v) is 6.29. The Kier molecular flexibility index (Phi) is 5.17. The van der Waals surface area contributed by atoms with E-state index in [4.69, 9.17) is 16.3 Å². The number of nitrogens with one attached hydrogen (secondary N) is 1. The largest absolute Gasteiger partial charge is 0.496 e. The molecule has 18 heavy (non-hydrogen) atoms.